The molecule has 24 heavy (non-hydrogen) atoms. The van der Waals surface area contributed by atoms with Crippen LogP contribution in [-0.2, 0) is 0 Å². The average Bonchev–Trinajstić information content (AvgIpc) is 2.61. The van der Waals surface area contributed by atoms with Crippen molar-refractivity contribution >= 4 is 22.7 Å². The lowest BCUT2D eigenvalue weighted by atomic mass is 9.88. The van der Waals surface area contributed by atoms with Gasteiger partial charge in [-0.15, -0.1) is 0 Å². The molecule has 4 heteroatoms. The molecule has 1 saturated carbocycles. The van der Waals surface area contributed by atoms with Crippen LogP contribution in [0.2, 0.25) is 0 Å². The van der Waals surface area contributed by atoms with E-state index >= 15 is 0 Å². The van der Waals surface area contributed by atoms with Gasteiger partial charge in [0.2, 0.25) is 0 Å². The third-order valence-electron chi connectivity index (χ3n) is 5.35. The lowest BCUT2D eigenvalue weighted by molar-refractivity contribution is 0.373. The Morgan fingerprint density at radius 2 is 1.17 bits per heavy atom. The van der Waals surface area contributed by atoms with Gasteiger partial charge in [0.05, 0.1) is 22.7 Å². The van der Waals surface area contributed by atoms with Crippen molar-refractivity contribution in [3.8, 4) is 0 Å². The summed E-state index contributed by atoms with van der Waals surface area (Å²) in [6.45, 7) is 0. The van der Waals surface area contributed by atoms with Gasteiger partial charge in [-0.05, 0) is 49.9 Å². The van der Waals surface area contributed by atoms with Crippen LogP contribution in [0.15, 0.2) is 48.5 Å². The quantitative estimate of drug-likeness (QED) is 0.841. The first kappa shape index (κ1) is 16.5. The van der Waals surface area contributed by atoms with E-state index in [0.29, 0.717) is 12.1 Å². The maximum atomic E-state index is 6.16. The van der Waals surface area contributed by atoms with Crippen molar-refractivity contribution in [2.24, 2.45) is 0 Å². The topological polar surface area (TPSA) is 58.5 Å². The van der Waals surface area contributed by atoms with Gasteiger partial charge < -0.3 is 21.3 Å². The van der Waals surface area contributed by atoms with Gasteiger partial charge >= 0.3 is 0 Å². The Bertz CT molecular complexity index is 627. The second kappa shape index (κ2) is 7.04. The van der Waals surface area contributed by atoms with E-state index in [0.717, 1.165) is 29.2 Å². The minimum Gasteiger partial charge on any atom is -0.397 e. The number of para-hydroxylation sites is 4. The lowest BCUT2D eigenvalue weighted by Crippen LogP contribution is -2.44. The fourth-order valence-corrected chi connectivity index (χ4v) is 3.85. The summed E-state index contributed by atoms with van der Waals surface area (Å²) in [4.78, 5) is 4.70. The Hall–Kier alpha value is -2.36. The third-order valence-corrected chi connectivity index (χ3v) is 5.35. The molecule has 2 atom stereocenters. The minimum atomic E-state index is 0.501. The zero-order valence-corrected chi connectivity index (χ0v) is 14.7. The summed E-state index contributed by atoms with van der Waals surface area (Å²) in [5.41, 5.74) is 16.3. The molecule has 0 heterocycles. The number of rotatable bonds is 4. The molecule has 0 spiro atoms. The van der Waals surface area contributed by atoms with Crippen LogP contribution in [0.4, 0.5) is 22.7 Å². The first-order chi connectivity index (χ1) is 11.6. The Morgan fingerprint density at radius 3 is 1.58 bits per heavy atom. The Morgan fingerprint density at radius 1 is 0.750 bits per heavy atom. The van der Waals surface area contributed by atoms with Gasteiger partial charge in [-0.3, -0.25) is 0 Å². The van der Waals surface area contributed by atoms with Gasteiger partial charge in [0.1, 0.15) is 0 Å². The highest BCUT2D eigenvalue weighted by atomic mass is 15.2. The van der Waals surface area contributed by atoms with Crippen LogP contribution in [0, 0.1) is 0 Å². The number of benzene rings is 2. The lowest BCUT2D eigenvalue weighted by Gasteiger charge is -2.41. The van der Waals surface area contributed by atoms with Crippen molar-refractivity contribution < 1.29 is 0 Å². The number of anilines is 4. The Balaban J connectivity index is 1.75. The maximum Gasteiger partial charge on any atom is 0.0599 e. The van der Waals surface area contributed by atoms with E-state index in [-0.39, 0.29) is 0 Å². The SMILES string of the molecule is CN(c1ccccc1N)C1CCCC(N(C)c2ccccc2N)C1. The molecule has 0 saturated heterocycles. The van der Waals surface area contributed by atoms with Crippen molar-refractivity contribution in [2.45, 2.75) is 37.8 Å². The zero-order chi connectivity index (χ0) is 17.1. The molecule has 0 bridgehead atoms. The Labute approximate surface area is 145 Å². The number of nitrogens with zero attached hydrogens (tertiary/aromatic N) is 2. The predicted octanol–water partition coefficient (Wildman–Crippen LogP) is 3.73. The average molecular weight is 324 g/mol. The molecule has 1 fully saturated rings. The molecule has 2 unspecified atom stereocenters. The van der Waals surface area contributed by atoms with Crippen LogP contribution < -0.4 is 21.3 Å². The van der Waals surface area contributed by atoms with Gasteiger partial charge in [0.15, 0.2) is 0 Å². The summed E-state index contributed by atoms with van der Waals surface area (Å²) in [5, 5.41) is 0. The fraction of sp³-hybridized carbons (Fsp3) is 0.400. The number of nitrogen functional groups attached to an aromatic ring is 2. The summed E-state index contributed by atoms with van der Waals surface area (Å²) in [6, 6.07) is 17.3. The summed E-state index contributed by atoms with van der Waals surface area (Å²) >= 11 is 0. The van der Waals surface area contributed by atoms with Crippen LogP contribution in [0.5, 0.6) is 0 Å². The van der Waals surface area contributed by atoms with Crippen LogP contribution in [-0.4, -0.2) is 26.2 Å². The molecule has 0 aromatic heterocycles. The van der Waals surface area contributed by atoms with E-state index < -0.39 is 0 Å². The number of hydrogen-bond donors (Lipinski definition) is 2. The molecule has 3 rings (SSSR count). The van der Waals surface area contributed by atoms with E-state index in [4.69, 9.17) is 11.5 Å². The highest BCUT2D eigenvalue weighted by molar-refractivity contribution is 5.68. The summed E-state index contributed by atoms with van der Waals surface area (Å²) < 4.78 is 0. The van der Waals surface area contributed by atoms with Crippen LogP contribution >= 0.6 is 0 Å². The number of hydrogen-bond acceptors (Lipinski definition) is 4. The first-order valence-corrected chi connectivity index (χ1v) is 8.72. The van der Waals surface area contributed by atoms with Gasteiger partial charge in [-0.2, -0.15) is 0 Å². The zero-order valence-electron chi connectivity index (χ0n) is 14.7. The molecule has 0 amide bonds. The smallest absolute Gasteiger partial charge is 0.0599 e. The molecule has 128 valence electrons. The van der Waals surface area contributed by atoms with Crippen molar-refractivity contribution in [2.75, 3.05) is 35.4 Å². The molecule has 4 N–H and O–H groups in total. The normalized spacial score (nSPS) is 20.6. The van der Waals surface area contributed by atoms with E-state index in [2.05, 4.69) is 48.2 Å². The Kier molecular flexibility index (Phi) is 4.84. The van der Waals surface area contributed by atoms with Gasteiger partial charge in [0.25, 0.3) is 0 Å². The molecule has 4 nitrogen and oxygen atoms in total. The largest absolute Gasteiger partial charge is 0.397 e. The first-order valence-electron chi connectivity index (χ1n) is 8.72. The van der Waals surface area contributed by atoms with Crippen molar-refractivity contribution in [3.63, 3.8) is 0 Å². The van der Waals surface area contributed by atoms with Crippen molar-refractivity contribution in [1.82, 2.24) is 0 Å². The fourth-order valence-electron chi connectivity index (χ4n) is 3.85. The maximum absolute atomic E-state index is 6.16. The number of nitrogens with two attached hydrogens (primary N) is 2. The van der Waals surface area contributed by atoms with E-state index in [1.165, 1.54) is 19.3 Å². The molecule has 1 aliphatic carbocycles. The summed E-state index contributed by atoms with van der Waals surface area (Å²) in [7, 11) is 4.32. The minimum absolute atomic E-state index is 0.501. The highest BCUT2D eigenvalue weighted by Gasteiger charge is 2.28. The summed E-state index contributed by atoms with van der Waals surface area (Å²) in [6.07, 6.45) is 4.76. The monoisotopic (exact) mass is 324 g/mol. The van der Waals surface area contributed by atoms with E-state index in [1.54, 1.807) is 0 Å². The van der Waals surface area contributed by atoms with Crippen molar-refractivity contribution in [3.05, 3.63) is 48.5 Å². The van der Waals surface area contributed by atoms with Crippen LogP contribution in [0.1, 0.15) is 25.7 Å². The molecular weight excluding hydrogens is 296 g/mol. The van der Waals surface area contributed by atoms with Gasteiger partial charge in [0, 0.05) is 26.2 Å². The predicted molar refractivity (Wildman–Crippen MR) is 105 cm³/mol. The van der Waals surface area contributed by atoms with Crippen LogP contribution in [0.25, 0.3) is 0 Å². The summed E-state index contributed by atoms with van der Waals surface area (Å²) in [5.74, 6) is 0. The van der Waals surface area contributed by atoms with Gasteiger partial charge in [-0.25, -0.2) is 0 Å². The second-order valence-electron chi connectivity index (χ2n) is 6.81. The molecule has 2 aromatic rings. The third kappa shape index (κ3) is 3.28. The standard InChI is InChI=1S/C20H28N4/c1-23(19-12-5-3-10-17(19)21)15-8-7-9-16(14-15)24(2)20-13-6-4-11-18(20)22/h3-6,10-13,15-16H,7-9,14,21-22H2,1-2H3. The second-order valence-corrected chi connectivity index (χ2v) is 6.81. The van der Waals surface area contributed by atoms with Crippen LogP contribution in [0.3, 0.4) is 0 Å². The highest BCUT2D eigenvalue weighted by Crippen LogP contribution is 2.33. The van der Waals surface area contributed by atoms with Crippen molar-refractivity contribution in [1.29, 1.82) is 0 Å². The van der Waals surface area contributed by atoms with E-state index in [9.17, 15) is 0 Å². The molecule has 1 aliphatic rings. The molecule has 0 radical (unpaired) electrons. The molecule has 0 aliphatic heterocycles. The molecular formula is C20H28N4. The van der Waals surface area contributed by atoms with E-state index in [1.807, 2.05) is 24.3 Å². The molecule has 2 aromatic carbocycles. The van der Waals surface area contributed by atoms with Gasteiger partial charge in [-0.1, -0.05) is 24.3 Å².